The maximum absolute atomic E-state index is 13.8. The van der Waals surface area contributed by atoms with Gasteiger partial charge in [-0.15, -0.1) is 13.2 Å². The first kappa shape index (κ1) is 39.3. The highest BCUT2D eigenvalue weighted by Crippen LogP contribution is 2.34. The molecule has 0 aromatic heterocycles. The summed E-state index contributed by atoms with van der Waals surface area (Å²) >= 11 is 0. The molecule has 1 heterocycles. The molecule has 1 aliphatic rings. The van der Waals surface area contributed by atoms with Crippen LogP contribution in [0.4, 0.5) is 13.2 Å². The van der Waals surface area contributed by atoms with E-state index in [9.17, 15) is 37.1 Å². The van der Waals surface area contributed by atoms with E-state index >= 15 is 0 Å². The second-order valence-corrected chi connectivity index (χ2v) is 11.9. The van der Waals surface area contributed by atoms with E-state index in [-0.39, 0.29) is 43.1 Å². The number of hydrogen-bond acceptors (Lipinski definition) is 11. The topological polar surface area (TPSA) is 164 Å². The van der Waals surface area contributed by atoms with Crippen LogP contribution in [0.25, 0.3) is 0 Å². The number of esters is 2. The van der Waals surface area contributed by atoms with Crippen LogP contribution >= 0.6 is 0 Å². The average molecular weight is 710 g/mol. The third kappa shape index (κ3) is 11.5. The molecule has 0 saturated carbocycles. The summed E-state index contributed by atoms with van der Waals surface area (Å²) in [5, 5.41) is 9.03. The minimum Gasteiger partial charge on any atom is -0.493 e. The van der Waals surface area contributed by atoms with Crippen molar-refractivity contribution in [2.24, 2.45) is 5.41 Å². The molecule has 1 amide bonds. The number of alkyl halides is 3. The maximum Gasteiger partial charge on any atom is 0.558 e. The van der Waals surface area contributed by atoms with E-state index in [1.54, 1.807) is 18.2 Å². The van der Waals surface area contributed by atoms with Gasteiger partial charge in [0.05, 0.1) is 12.5 Å². The minimum atomic E-state index is -5.08. The summed E-state index contributed by atoms with van der Waals surface area (Å²) in [4.78, 5) is 72.2. The zero-order valence-electron chi connectivity index (χ0n) is 27.7. The Morgan fingerprint density at radius 1 is 1.06 bits per heavy atom. The van der Waals surface area contributed by atoms with Crippen LogP contribution in [0.1, 0.15) is 56.8 Å². The quantitative estimate of drug-likeness (QED) is 0.0777. The fraction of sp³-hybridized carbons (Fsp3) is 0.441. The first-order valence-corrected chi connectivity index (χ1v) is 15.4. The van der Waals surface area contributed by atoms with Crippen LogP contribution in [0.15, 0.2) is 55.1 Å². The predicted octanol–water partition coefficient (Wildman–Crippen LogP) is 4.91. The van der Waals surface area contributed by atoms with Gasteiger partial charge in [-0.05, 0) is 81.3 Å². The molecule has 2 atom stereocenters. The molecule has 2 aromatic rings. The Bertz CT molecular complexity index is 1560. The minimum absolute atomic E-state index is 0.0390. The molecule has 1 saturated heterocycles. The van der Waals surface area contributed by atoms with Gasteiger partial charge in [-0.3, -0.25) is 9.59 Å². The van der Waals surface area contributed by atoms with E-state index in [1.165, 1.54) is 45.2 Å². The third-order valence-corrected chi connectivity index (χ3v) is 7.59. The summed E-state index contributed by atoms with van der Waals surface area (Å²) in [6.45, 7) is 5.21. The number of halogens is 3. The monoisotopic (exact) mass is 709 g/mol. The molecular formula is C34H38F3NO12. The first-order chi connectivity index (χ1) is 23.5. The van der Waals surface area contributed by atoms with Crippen LogP contribution in [0, 0.1) is 5.41 Å². The number of Topliss-reactive ketones (excluding diaryl/α,β-unsaturated/α-hetero) is 1. The van der Waals surface area contributed by atoms with E-state index in [0.717, 1.165) is 11.0 Å². The van der Waals surface area contributed by atoms with Gasteiger partial charge in [0, 0.05) is 12.6 Å². The Balaban J connectivity index is 1.87. The Kier molecular flexibility index (Phi) is 13.8. The number of amides is 1. The van der Waals surface area contributed by atoms with Crippen molar-refractivity contribution in [2.75, 3.05) is 26.9 Å². The zero-order chi connectivity index (χ0) is 37.1. The van der Waals surface area contributed by atoms with Crippen molar-refractivity contribution in [2.45, 2.75) is 64.5 Å². The SMILES string of the molecule is C=CC(=O)OCC(C)(C)C(=O)C(=O)N1CCCC[C@H]1C(=O)O[C@H](CCc1ccc(OC)c(OOC(F)(F)F)c1)c1cccc(OCC(=O)O)c1. The van der Waals surface area contributed by atoms with E-state index in [1.807, 2.05) is 0 Å². The van der Waals surface area contributed by atoms with Gasteiger partial charge in [0.1, 0.15) is 24.5 Å². The number of carbonyl (C=O) groups is 5. The van der Waals surface area contributed by atoms with Crippen LogP contribution in [0.2, 0.25) is 0 Å². The number of carboxylic acids is 1. The first-order valence-electron chi connectivity index (χ1n) is 15.4. The molecule has 0 aliphatic carbocycles. The van der Waals surface area contributed by atoms with E-state index < -0.39 is 66.7 Å². The second-order valence-electron chi connectivity index (χ2n) is 11.9. The highest BCUT2D eigenvalue weighted by atomic mass is 19.4. The molecule has 1 N–H and O–H groups in total. The van der Waals surface area contributed by atoms with Gasteiger partial charge in [0.2, 0.25) is 11.5 Å². The number of nitrogens with zero attached hydrogens (tertiary/aromatic N) is 1. The van der Waals surface area contributed by atoms with Gasteiger partial charge < -0.3 is 33.8 Å². The van der Waals surface area contributed by atoms with E-state index in [4.69, 9.17) is 24.1 Å². The number of carboxylic acid groups (broad SMARTS) is 1. The predicted molar refractivity (Wildman–Crippen MR) is 167 cm³/mol. The zero-order valence-corrected chi connectivity index (χ0v) is 27.7. The molecule has 16 heteroatoms. The van der Waals surface area contributed by atoms with Crippen LogP contribution in [-0.4, -0.2) is 78.9 Å². The van der Waals surface area contributed by atoms with Crippen molar-refractivity contribution in [3.05, 3.63) is 66.2 Å². The molecular weight excluding hydrogens is 671 g/mol. The lowest BCUT2D eigenvalue weighted by Crippen LogP contribution is -2.53. The number of hydrogen-bond donors (Lipinski definition) is 1. The Morgan fingerprint density at radius 3 is 2.46 bits per heavy atom. The molecule has 0 spiro atoms. The highest BCUT2D eigenvalue weighted by molar-refractivity contribution is 6.38. The summed E-state index contributed by atoms with van der Waals surface area (Å²) in [6.07, 6.45) is -3.75. The van der Waals surface area contributed by atoms with Crippen molar-refractivity contribution >= 4 is 29.6 Å². The van der Waals surface area contributed by atoms with Gasteiger partial charge in [-0.1, -0.05) is 29.7 Å². The van der Waals surface area contributed by atoms with E-state index in [2.05, 4.69) is 16.4 Å². The van der Waals surface area contributed by atoms with Crippen LogP contribution in [0.5, 0.6) is 17.2 Å². The molecule has 0 radical (unpaired) electrons. The number of ketones is 1. The number of methoxy groups -OCH3 is 1. The van der Waals surface area contributed by atoms with Gasteiger partial charge in [-0.25, -0.2) is 14.4 Å². The molecule has 2 aromatic carbocycles. The fourth-order valence-electron chi connectivity index (χ4n) is 5.01. The fourth-order valence-corrected chi connectivity index (χ4v) is 5.01. The van der Waals surface area contributed by atoms with Crippen LogP contribution in [0.3, 0.4) is 0 Å². The summed E-state index contributed by atoms with van der Waals surface area (Å²) in [5.74, 6) is -4.86. The van der Waals surface area contributed by atoms with Crippen LogP contribution in [-0.2, 0) is 44.8 Å². The van der Waals surface area contributed by atoms with Crippen LogP contribution < -0.4 is 14.4 Å². The third-order valence-electron chi connectivity index (χ3n) is 7.59. The standard InChI is InChI=1S/C34H38F3NO12/c1-5-29(41)47-20-33(2,3)30(42)31(43)38-16-7-6-11-24(38)32(44)48-25(22-9-8-10-23(18-22)46-19-28(39)40)14-12-21-13-15-26(45-4)27(17-21)49-50-34(35,36)37/h5,8-10,13,15,17-18,24-25H,1,6-7,11-12,14,16,19-20H2,2-4H3,(H,39,40)/t24-,25+/m0/s1. The van der Waals surface area contributed by atoms with Crippen molar-refractivity contribution in [3.63, 3.8) is 0 Å². The summed E-state index contributed by atoms with van der Waals surface area (Å²) in [5.41, 5.74) is -0.570. The molecule has 272 valence electrons. The second kappa shape index (κ2) is 17.5. The largest absolute Gasteiger partial charge is 0.558 e. The van der Waals surface area contributed by atoms with Crippen molar-refractivity contribution in [1.29, 1.82) is 0 Å². The molecule has 13 nitrogen and oxygen atoms in total. The Morgan fingerprint density at radius 2 is 1.80 bits per heavy atom. The number of aliphatic carboxylic acids is 1. The lowest BCUT2D eigenvalue weighted by Gasteiger charge is -2.36. The normalized spacial score (nSPS) is 15.3. The van der Waals surface area contributed by atoms with Crippen molar-refractivity contribution < 1.29 is 71.0 Å². The van der Waals surface area contributed by atoms with Gasteiger partial charge in [0.25, 0.3) is 5.91 Å². The van der Waals surface area contributed by atoms with Crippen molar-refractivity contribution in [1.82, 2.24) is 4.90 Å². The number of rotatable bonds is 17. The molecule has 1 aliphatic heterocycles. The molecule has 1 fully saturated rings. The smallest absolute Gasteiger partial charge is 0.493 e. The molecule has 50 heavy (non-hydrogen) atoms. The Labute approximate surface area is 285 Å². The molecule has 0 unspecified atom stereocenters. The maximum atomic E-state index is 13.8. The van der Waals surface area contributed by atoms with Gasteiger partial charge in [-0.2, -0.15) is 0 Å². The number of carbonyl (C=O) groups excluding carboxylic acids is 4. The van der Waals surface area contributed by atoms with Gasteiger partial charge in [0.15, 0.2) is 12.4 Å². The highest BCUT2D eigenvalue weighted by Gasteiger charge is 2.42. The number of likely N-dealkylation sites (tertiary alicyclic amines) is 1. The number of aryl methyl sites for hydroxylation is 1. The average Bonchev–Trinajstić information content (AvgIpc) is 3.09. The summed E-state index contributed by atoms with van der Waals surface area (Å²) in [7, 11) is 1.23. The number of piperidine rings is 1. The summed E-state index contributed by atoms with van der Waals surface area (Å²) in [6, 6.07) is 9.18. The number of benzene rings is 2. The lowest BCUT2D eigenvalue weighted by atomic mass is 9.87. The summed E-state index contributed by atoms with van der Waals surface area (Å²) < 4.78 is 59.2. The molecule has 0 bridgehead atoms. The molecule has 3 rings (SSSR count). The Hall–Kier alpha value is -5.12. The van der Waals surface area contributed by atoms with Crippen molar-refractivity contribution in [3.8, 4) is 17.2 Å². The van der Waals surface area contributed by atoms with E-state index in [0.29, 0.717) is 24.0 Å². The number of ether oxygens (including phenoxy) is 4. The lowest BCUT2D eigenvalue weighted by molar-refractivity contribution is -0.445. The van der Waals surface area contributed by atoms with Gasteiger partial charge >= 0.3 is 24.3 Å².